The molecule has 0 aliphatic heterocycles. The van der Waals surface area contributed by atoms with Gasteiger partial charge < -0.3 is 14.1 Å². The highest BCUT2D eigenvalue weighted by atomic mass is 35.5. The minimum atomic E-state index is -0.332. The number of hydrogen-bond acceptors (Lipinski definition) is 6. The van der Waals surface area contributed by atoms with Crippen LogP contribution < -0.4 is 15.2 Å². The van der Waals surface area contributed by atoms with Crippen molar-refractivity contribution in [1.82, 2.24) is 9.66 Å². The van der Waals surface area contributed by atoms with E-state index in [4.69, 9.17) is 32.2 Å². The molecule has 0 saturated heterocycles. The van der Waals surface area contributed by atoms with Gasteiger partial charge >= 0.3 is 0 Å². The molecule has 8 heteroatoms. The van der Waals surface area contributed by atoms with Crippen LogP contribution in [-0.2, 0) is 0 Å². The van der Waals surface area contributed by atoms with E-state index >= 15 is 0 Å². The zero-order valence-electron chi connectivity index (χ0n) is 19.6. The Labute approximate surface area is 212 Å². The zero-order chi connectivity index (χ0) is 25.2. The van der Waals surface area contributed by atoms with Crippen LogP contribution in [0.4, 0.5) is 5.69 Å². The molecular weight excluding hydrogens is 476 g/mol. The first kappa shape index (κ1) is 23.2. The van der Waals surface area contributed by atoms with E-state index in [0.717, 1.165) is 11.1 Å². The van der Waals surface area contributed by atoms with Crippen LogP contribution in [0.1, 0.15) is 5.56 Å². The Morgan fingerprint density at radius 3 is 2.81 bits per heavy atom. The van der Waals surface area contributed by atoms with E-state index < -0.39 is 0 Å². The van der Waals surface area contributed by atoms with Crippen molar-refractivity contribution in [3.8, 4) is 29.7 Å². The number of ether oxygens (including phenoxy) is 1. The summed E-state index contributed by atoms with van der Waals surface area (Å²) in [6, 6.07) is 19.8. The summed E-state index contributed by atoms with van der Waals surface area (Å²) in [5, 5.41) is 6.33. The first-order valence-corrected chi connectivity index (χ1v) is 11.5. The van der Waals surface area contributed by atoms with Crippen molar-refractivity contribution in [2.75, 3.05) is 25.6 Å². The highest BCUT2D eigenvalue weighted by Gasteiger charge is 2.17. The topological polar surface area (TPSA) is 72.9 Å². The molecule has 0 aliphatic rings. The number of halogens is 1. The molecule has 5 aromatic rings. The van der Waals surface area contributed by atoms with Gasteiger partial charge in [-0.3, -0.25) is 4.79 Å². The van der Waals surface area contributed by atoms with Crippen LogP contribution >= 0.6 is 11.6 Å². The second kappa shape index (κ2) is 9.61. The van der Waals surface area contributed by atoms with Gasteiger partial charge in [0.2, 0.25) is 5.82 Å². The third-order valence-electron chi connectivity index (χ3n) is 5.59. The van der Waals surface area contributed by atoms with Crippen molar-refractivity contribution < 1.29 is 9.15 Å². The van der Waals surface area contributed by atoms with E-state index in [1.54, 1.807) is 48.7 Å². The second-order valence-electron chi connectivity index (χ2n) is 8.22. The number of hydrogen-bond donors (Lipinski definition) is 0. The number of nitrogens with zero attached hydrogens (tertiary/aromatic N) is 4. The number of rotatable bonds is 6. The smallest absolute Gasteiger partial charge is 0.282 e. The van der Waals surface area contributed by atoms with Gasteiger partial charge in [0.05, 0.1) is 17.1 Å². The van der Waals surface area contributed by atoms with Gasteiger partial charge in [0.25, 0.3) is 5.56 Å². The molecule has 0 aliphatic carbocycles. The summed E-state index contributed by atoms with van der Waals surface area (Å²) >= 11 is 6.14. The molecule has 0 unspecified atom stereocenters. The fourth-order valence-corrected chi connectivity index (χ4v) is 3.97. The van der Waals surface area contributed by atoms with E-state index in [-0.39, 0.29) is 18.0 Å². The molecule has 0 fully saturated rings. The summed E-state index contributed by atoms with van der Waals surface area (Å²) in [4.78, 5) is 20.2. The largest absolute Gasteiger partial charge is 0.480 e. The molecule has 36 heavy (non-hydrogen) atoms. The van der Waals surface area contributed by atoms with E-state index in [2.05, 4.69) is 11.0 Å². The van der Waals surface area contributed by atoms with Crippen molar-refractivity contribution in [2.24, 2.45) is 5.10 Å². The molecule has 0 amide bonds. The minimum Gasteiger partial charge on any atom is -0.480 e. The molecule has 178 valence electrons. The van der Waals surface area contributed by atoms with Crippen LogP contribution in [0.2, 0.25) is 5.02 Å². The van der Waals surface area contributed by atoms with Crippen LogP contribution in [0.5, 0.6) is 5.75 Å². The summed E-state index contributed by atoms with van der Waals surface area (Å²) in [5.74, 6) is 3.67. The summed E-state index contributed by atoms with van der Waals surface area (Å²) < 4.78 is 13.0. The quantitative estimate of drug-likeness (QED) is 0.232. The number of fused-ring (bicyclic) bond motifs is 2. The van der Waals surface area contributed by atoms with Gasteiger partial charge in [-0.15, -0.1) is 6.42 Å². The average Bonchev–Trinajstić information content (AvgIpc) is 3.30. The van der Waals surface area contributed by atoms with E-state index in [0.29, 0.717) is 38.6 Å². The first-order chi connectivity index (χ1) is 17.4. The predicted molar refractivity (Wildman–Crippen MR) is 144 cm³/mol. The normalized spacial score (nSPS) is 11.3. The Bertz CT molecular complexity index is 1730. The summed E-state index contributed by atoms with van der Waals surface area (Å²) in [7, 11) is 3.86. The molecule has 2 heterocycles. The number of para-hydroxylation sites is 1. The Hall–Kier alpha value is -4.54. The van der Waals surface area contributed by atoms with Crippen molar-refractivity contribution in [2.45, 2.75) is 0 Å². The Kier molecular flexibility index (Phi) is 6.19. The molecule has 2 aromatic heterocycles. The van der Waals surface area contributed by atoms with Gasteiger partial charge in [-0.05, 0) is 48.5 Å². The zero-order valence-corrected chi connectivity index (χ0v) is 20.4. The molecule has 3 aromatic carbocycles. The van der Waals surface area contributed by atoms with Gasteiger partial charge in [0.1, 0.15) is 17.9 Å². The standard InChI is InChI=1S/C28H21ClN4O3/c1-4-13-35-25-16-21(32(2)3)11-9-18(25)17-30-33-27(31-23-8-6-5-7-22(23)28(33)34)26-15-19-14-20(29)10-12-24(19)36-26/h1,5-12,14-17H,13H2,2-3H3. The average molecular weight is 497 g/mol. The number of benzene rings is 3. The highest BCUT2D eigenvalue weighted by molar-refractivity contribution is 6.31. The van der Waals surface area contributed by atoms with Gasteiger partial charge in [-0.2, -0.15) is 9.78 Å². The first-order valence-electron chi connectivity index (χ1n) is 11.1. The monoisotopic (exact) mass is 496 g/mol. The lowest BCUT2D eigenvalue weighted by Gasteiger charge is -2.15. The third-order valence-corrected chi connectivity index (χ3v) is 5.82. The number of anilines is 1. The molecule has 0 radical (unpaired) electrons. The van der Waals surface area contributed by atoms with E-state index in [1.807, 2.05) is 43.3 Å². The van der Waals surface area contributed by atoms with Crippen LogP contribution in [-0.4, -0.2) is 36.6 Å². The molecule has 0 spiro atoms. The van der Waals surface area contributed by atoms with Crippen molar-refractivity contribution in [3.05, 3.63) is 87.7 Å². The van der Waals surface area contributed by atoms with Gasteiger partial charge in [-0.25, -0.2) is 4.98 Å². The molecule has 0 bridgehead atoms. The Morgan fingerprint density at radius 1 is 1.17 bits per heavy atom. The minimum absolute atomic E-state index is 0.0992. The second-order valence-corrected chi connectivity index (χ2v) is 8.65. The molecule has 0 N–H and O–H groups in total. The highest BCUT2D eigenvalue weighted by Crippen LogP contribution is 2.29. The fraction of sp³-hybridized carbons (Fsp3) is 0.107. The van der Waals surface area contributed by atoms with E-state index in [9.17, 15) is 4.79 Å². The molecule has 0 atom stereocenters. The molecular formula is C28H21ClN4O3. The Morgan fingerprint density at radius 2 is 2.00 bits per heavy atom. The summed E-state index contributed by atoms with van der Waals surface area (Å²) in [6.07, 6.45) is 6.94. The van der Waals surface area contributed by atoms with Gasteiger partial charge in [0, 0.05) is 41.8 Å². The SMILES string of the molecule is C#CCOc1cc(N(C)C)ccc1C=Nn1c(-c2cc3cc(Cl)ccc3o2)nc2ccccc2c1=O. The maximum atomic E-state index is 13.5. The van der Waals surface area contributed by atoms with Crippen molar-refractivity contribution in [3.63, 3.8) is 0 Å². The summed E-state index contributed by atoms with van der Waals surface area (Å²) in [6.45, 7) is 0.0992. The molecule has 5 rings (SSSR count). The van der Waals surface area contributed by atoms with Gasteiger partial charge in [-0.1, -0.05) is 29.7 Å². The van der Waals surface area contributed by atoms with Crippen molar-refractivity contribution in [1.29, 1.82) is 0 Å². The van der Waals surface area contributed by atoms with Crippen LogP contribution in [0.3, 0.4) is 0 Å². The van der Waals surface area contributed by atoms with Crippen LogP contribution in [0.15, 0.2) is 81.0 Å². The maximum Gasteiger partial charge on any atom is 0.282 e. The number of terminal acetylenes is 1. The lowest BCUT2D eigenvalue weighted by Crippen LogP contribution is -2.20. The fourth-order valence-electron chi connectivity index (χ4n) is 3.79. The van der Waals surface area contributed by atoms with Crippen LogP contribution in [0, 0.1) is 12.3 Å². The number of furan rings is 1. The summed E-state index contributed by atoms with van der Waals surface area (Å²) in [5.41, 5.74) is 2.41. The van der Waals surface area contributed by atoms with E-state index in [1.165, 1.54) is 4.68 Å². The van der Waals surface area contributed by atoms with Crippen molar-refractivity contribution >= 4 is 45.4 Å². The van der Waals surface area contributed by atoms with Gasteiger partial charge in [0.15, 0.2) is 5.76 Å². The lowest BCUT2D eigenvalue weighted by atomic mass is 10.2. The Balaban J connectivity index is 1.68. The molecule has 7 nitrogen and oxygen atoms in total. The maximum absolute atomic E-state index is 13.5. The number of aromatic nitrogens is 2. The third kappa shape index (κ3) is 4.42. The molecule has 0 saturated carbocycles. The predicted octanol–water partition coefficient (Wildman–Crippen LogP) is 5.42. The lowest BCUT2D eigenvalue weighted by molar-refractivity contribution is 0.370. The van der Waals surface area contributed by atoms with Crippen LogP contribution in [0.25, 0.3) is 33.5 Å².